The van der Waals surface area contributed by atoms with E-state index in [0.29, 0.717) is 50.8 Å². The first-order valence-corrected chi connectivity index (χ1v) is 12.2. The van der Waals surface area contributed by atoms with E-state index < -0.39 is 5.97 Å². The van der Waals surface area contributed by atoms with Crippen LogP contribution in [0.2, 0.25) is 0 Å². The molecule has 0 aliphatic carbocycles. The Kier molecular flexibility index (Phi) is 13.0. The van der Waals surface area contributed by atoms with Crippen molar-refractivity contribution in [2.24, 2.45) is 10.2 Å². The van der Waals surface area contributed by atoms with Gasteiger partial charge in [-0.1, -0.05) is 0 Å². The lowest BCUT2D eigenvalue weighted by Crippen LogP contribution is -2.31. The van der Waals surface area contributed by atoms with Gasteiger partial charge in [0, 0.05) is 18.8 Å². The number of benzene rings is 1. The molecule has 1 aromatic carbocycles. The Morgan fingerprint density at radius 1 is 1.00 bits per heavy atom. The van der Waals surface area contributed by atoms with Crippen LogP contribution in [0.1, 0.15) is 20.8 Å². The average Bonchev–Trinajstić information content (AvgIpc) is 3.19. The largest absolute Gasteiger partial charge is 0.477 e. The van der Waals surface area contributed by atoms with Gasteiger partial charge in [0.1, 0.15) is 9.88 Å². The van der Waals surface area contributed by atoms with Gasteiger partial charge in [0.05, 0.1) is 65.1 Å². The Bertz CT molecular complexity index is 1050. The van der Waals surface area contributed by atoms with Gasteiger partial charge in [0.2, 0.25) is 5.69 Å². The zero-order chi connectivity index (χ0) is 26.3. The number of aliphatic hydroxyl groups excluding tert-OH is 2. The number of aromatic carboxylic acids is 1. The fourth-order valence-corrected chi connectivity index (χ4v) is 4.12. The highest BCUT2D eigenvalue weighted by atomic mass is 32.1. The van der Waals surface area contributed by atoms with E-state index in [0.717, 1.165) is 22.6 Å². The van der Waals surface area contributed by atoms with Gasteiger partial charge >= 0.3 is 5.97 Å². The van der Waals surface area contributed by atoms with Crippen molar-refractivity contribution in [1.29, 1.82) is 0 Å². The predicted molar refractivity (Wildman–Crippen MR) is 136 cm³/mol. The maximum Gasteiger partial charge on any atom is 0.344 e. The summed E-state index contributed by atoms with van der Waals surface area (Å²) in [5, 5.41) is 35.7. The fourth-order valence-electron chi connectivity index (χ4n) is 3.21. The number of hydrogen-bond donors (Lipinski definition) is 3. The van der Waals surface area contributed by atoms with Gasteiger partial charge in [-0.15, -0.1) is 11.3 Å². The van der Waals surface area contributed by atoms with Crippen LogP contribution in [0.3, 0.4) is 0 Å². The van der Waals surface area contributed by atoms with Gasteiger partial charge < -0.3 is 34.4 Å². The summed E-state index contributed by atoms with van der Waals surface area (Å²) in [5.41, 5.74) is 2.98. The molecule has 3 N–H and O–H groups in total. The molecule has 2 rings (SSSR count). The second-order valence-electron chi connectivity index (χ2n) is 7.57. The number of aryl methyl sites for hydroxylation is 1. The van der Waals surface area contributed by atoms with E-state index in [1.165, 1.54) is 0 Å². The van der Waals surface area contributed by atoms with Gasteiger partial charge in [-0.2, -0.15) is 10.2 Å². The van der Waals surface area contributed by atoms with E-state index in [4.69, 9.17) is 31.0 Å². The summed E-state index contributed by atoms with van der Waals surface area (Å²) in [5.74, 6) is -1.09. The molecular formula is C24H32N4O7S. The second kappa shape index (κ2) is 15.9. The maximum absolute atomic E-state index is 11.4. The van der Waals surface area contributed by atoms with Crippen LogP contribution in [0.15, 0.2) is 28.4 Å². The van der Waals surface area contributed by atoms with Gasteiger partial charge in [0.15, 0.2) is 0 Å². The highest BCUT2D eigenvalue weighted by molar-refractivity contribution is 7.18. The van der Waals surface area contributed by atoms with Crippen molar-refractivity contribution in [2.45, 2.75) is 13.8 Å². The molecule has 0 saturated carbocycles. The third-order valence-electron chi connectivity index (χ3n) is 5.05. The minimum absolute atomic E-state index is 0.0202. The summed E-state index contributed by atoms with van der Waals surface area (Å²) in [4.78, 5) is 17.0. The Morgan fingerprint density at radius 3 is 2.17 bits per heavy atom. The van der Waals surface area contributed by atoms with Crippen LogP contribution in [-0.2, 0) is 14.2 Å². The van der Waals surface area contributed by atoms with Crippen molar-refractivity contribution in [3.8, 4) is 0 Å². The number of carboxylic acids is 1. The summed E-state index contributed by atoms with van der Waals surface area (Å²) in [6.45, 7) is 14.3. The summed E-state index contributed by atoms with van der Waals surface area (Å²) < 4.78 is 16.2. The molecule has 0 amide bonds. The standard InChI is InChI=1S/C24H32N4O7S/c1-17-16-19(28(6-10-33-12-8-29)7-11-34-14-15-35-13-9-30)4-5-20(17)26-27-23-21(25-3)18(2)22(36-23)24(31)32/h4-5,16,29-30H,6-15H2,1-2H3,(H,31,32). The first kappa shape index (κ1) is 29.3. The number of aliphatic hydroxyl groups is 2. The van der Waals surface area contributed by atoms with Crippen LogP contribution >= 0.6 is 11.3 Å². The van der Waals surface area contributed by atoms with Gasteiger partial charge in [0.25, 0.3) is 0 Å². The molecule has 0 radical (unpaired) electrons. The molecule has 0 fully saturated rings. The number of thiophene rings is 1. The van der Waals surface area contributed by atoms with E-state index in [2.05, 4.69) is 20.0 Å². The molecule has 11 nitrogen and oxygen atoms in total. The first-order chi connectivity index (χ1) is 17.4. The molecule has 0 spiro atoms. The number of azo groups is 1. The number of anilines is 1. The third-order valence-corrected chi connectivity index (χ3v) is 6.20. The van der Waals surface area contributed by atoms with Crippen LogP contribution in [0, 0.1) is 20.4 Å². The van der Waals surface area contributed by atoms with Crippen LogP contribution in [0.4, 0.5) is 22.1 Å². The Morgan fingerprint density at radius 2 is 1.61 bits per heavy atom. The molecule has 0 bridgehead atoms. The molecule has 0 aliphatic rings. The summed E-state index contributed by atoms with van der Waals surface area (Å²) >= 11 is 0.933. The van der Waals surface area contributed by atoms with E-state index in [1.807, 2.05) is 25.1 Å². The lowest BCUT2D eigenvalue weighted by atomic mass is 10.1. The topological polar surface area (TPSA) is 138 Å². The van der Waals surface area contributed by atoms with Crippen molar-refractivity contribution >= 4 is 39.4 Å². The molecule has 0 unspecified atom stereocenters. The highest BCUT2D eigenvalue weighted by Crippen LogP contribution is 2.43. The molecule has 1 aromatic heterocycles. The smallest absolute Gasteiger partial charge is 0.344 e. The van der Waals surface area contributed by atoms with E-state index >= 15 is 0 Å². The molecular weight excluding hydrogens is 488 g/mol. The quantitative estimate of drug-likeness (QED) is 0.162. The Hall–Kier alpha value is -2.92. The van der Waals surface area contributed by atoms with Crippen molar-refractivity contribution < 1.29 is 34.3 Å². The molecule has 0 aliphatic heterocycles. The monoisotopic (exact) mass is 520 g/mol. The van der Waals surface area contributed by atoms with Crippen molar-refractivity contribution in [1.82, 2.24) is 0 Å². The van der Waals surface area contributed by atoms with E-state index in [9.17, 15) is 9.90 Å². The number of hydrogen-bond acceptors (Lipinski definition) is 10. The number of carbonyl (C=O) groups is 1. The molecule has 36 heavy (non-hydrogen) atoms. The van der Waals surface area contributed by atoms with Crippen LogP contribution in [-0.4, -0.2) is 87.2 Å². The average molecular weight is 521 g/mol. The van der Waals surface area contributed by atoms with Crippen molar-refractivity contribution in [3.05, 3.63) is 45.6 Å². The van der Waals surface area contributed by atoms with Crippen molar-refractivity contribution in [2.75, 3.05) is 70.8 Å². The van der Waals surface area contributed by atoms with E-state index in [1.54, 1.807) is 6.92 Å². The Balaban J connectivity index is 2.10. The van der Waals surface area contributed by atoms with Gasteiger partial charge in [-0.05, 0) is 43.2 Å². The van der Waals surface area contributed by atoms with Crippen LogP contribution in [0.5, 0.6) is 0 Å². The minimum Gasteiger partial charge on any atom is -0.477 e. The lowest BCUT2D eigenvalue weighted by molar-refractivity contribution is 0.0347. The van der Waals surface area contributed by atoms with Gasteiger partial charge in [-0.3, -0.25) is 0 Å². The molecule has 0 saturated heterocycles. The molecule has 196 valence electrons. The molecule has 1 heterocycles. The maximum atomic E-state index is 11.4. The molecule has 2 aromatic rings. The normalized spacial score (nSPS) is 11.2. The molecule has 12 heteroatoms. The minimum atomic E-state index is -1.09. The first-order valence-electron chi connectivity index (χ1n) is 11.4. The highest BCUT2D eigenvalue weighted by Gasteiger charge is 2.19. The number of rotatable bonds is 17. The number of carboxylic acid groups (broad SMARTS) is 1. The SMILES string of the molecule is [C-]#[N+]c1c(N=Nc2ccc(N(CCOCCO)CCOCCOCCO)cc2C)sc(C(=O)O)c1C. The third kappa shape index (κ3) is 8.94. The number of nitrogens with zero attached hydrogens (tertiary/aromatic N) is 4. The number of ether oxygens (including phenoxy) is 3. The van der Waals surface area contributed by atoms with Crippen LogP contribution in [0.25, 0.3) is 4.85 Å². The predicted octanol–water partition coefficient (Wildman–Crippen LogP) is 3.87. The zero-order valence-electron chi connectivity index (χ0n) is 20.5. The summed E-state index contributed by atoms with van der Waals surface area (Å²) in [6.07, 6.45) is 0. The second-order valence-corrected chi connectivity index (χ2v) is 8.57. The van der Waals surface area contributed by atoms with Crippen LogP contribution < -0.4 is 4.90 Å². The zero-order valence-corrected chi connectivity index (χ0v) is 21.3. The van der Waals surface area contributed by atoms with Crippen molar-refractivity contribution in [3.63, 3.8) is 0 Å². The molecule has 0 atom stereocenters. The summed E-state index contributed by atoms with van der Waals surface area (Å²) in [7, 11) is 0. The van der Waals surface area contributed by atoms with Gasteiger partial charge in [-0.25, -0.2) is 9.64 Å². The lowest BCUT2D eigenvalue weighted by Gasteiger charge is -2.25. The van der Waals surface area contributed by atoms with E-state index in [-0.39, 0.29) is 42.0 Å². The fraction of sp³-hybridized carbons (Fsp3) is 0.500. The Labute approximate surface area is 214 Å². The summed E-state index contributed by atoms with van der Waals surface area (Å²) in [6, 6.07) is 5.67.